The van der Waals surface area contributed by atoms with Gasteiger partial charge in [-0.1, -0.05) is 37.3 Å². The Labute approximate surface area is 193 Å². The van der Waals surface area contributed by atoms with Crippen LogP contribution in [0.5, 0.6) is 11.5 Å². The van der Waals surface area contributed by atoms with E-state index >= 15 is 0 Å². The standard InChI is InChI=1S/C27H28N2O4/c1-2-12-29(25-8-3-4-11-28-25)23-7-5-6-22-19(17-33-27(22)23)13-18-9-10-21-20(15-26(30)31)16-32-24(21)14-18/h3-11,14,19-20H,2,12-13,15-17H2,1H3,(H,30,31)/t19-,20-/m1/s1. The van der Waals surface area contributed by atoms with Crippen molar-refractivity contribution in [2.45, 2.75) is 38.0 Å². The highest BCUT2D eigenvalue weighted by Crippen LogP contribution is 2.45. The second-order valence-electron chi connectivity index (χ2n) is 8.73. The Morgan fingerprint density at radius 2 is 1.94 bits per heavy atom. The van der Waals surface area contributed by atoms with E-state index in [4.69, 9.17) is 14.6 Å². The second kappa shape index (κ2) is 9.14. The number of aliphatic carboxylic acids is 1. The highest BCUT2D eigenvalue weighted by Gasteiger charge is 2.30. The van der Waals surface area contributed by atoms with Crippen molar-refractivity contribution >= 4 is 17.5 Å². The summed E-state index contributed by atoms with van der Waals surface area (Å²) in [5.74, 6) is 2.07. The van der Waals surface area contributed by atoms with Gasteiger partial charge in [-0.15, -0.1) is 0 Å². The van der Waals surface area contributed by atoms with Crippen LogP contribution in [0, 0.1) is 0 Å². The zero-order chi connectivity index (χ0) is 22.8. The molecule has 2 aliphatic heterocycles. The largest absolute Gasteiger partial charge is 0.493 e. The molecule has 0 amide bonds. The van der Waals surface area contributed by atoms with Crippen LogP contribution >= 0.6 is 0 Å². The van der Waals surface area contributed by atoms with Crippen molar-refractivity contribution in [2.75, 3.05) is 24.7 Å². The van der Waals surface area contributed by atoms with Crippen LogP contribution in [0.4, 0.5) is 11.5 Å². The molecule has 0 spiro atoms. The fraction of sp³-hybridized carbons (Fsp3) is 0.333. The van der Waals surface area contributed by atoms with Gasteiger partial charge in [-0.25, -0.2) is 4.98 Å². The number of pyridine rings is 1. The van der Waals surface area contributed by atoms with Crippen molar-refractivity contribution in [1.82, 2.24) is 4.98 Å². The zero-order valence-electron chi connectivity index (χ0n) is 18.7. The fourth-order valence-electron chi connectivity index (χ4n) is 4.88. The molecule has 6 heteroatoms. The number of carboxylic acids is 1. The van der Waals surface area contributed by atoms with Crippen LogP contribution in [-0.2, 0) is 11.2 Å². The maximum absolute atomic E-state index is 11.1. The molecule has 2 atom stereocenters. The molecule has 3 aromatic rings. The van der Waals surface area contributed by atoms with E-state index in [-0.39, 0.29) is 18.3 Å². The highest BCUT2D eigenvalue weighted by molar-refractivity contribution is 5.71. The lowest BCUT2D eigenvalue weighted by molar-refractivity contribution is -0.137. The first kappa shape index (κ1) is 21.3. The maximum atomic E-state index is 11.1. The summed E-state index contributed by atoms with van der Waals surface area (Å²) in [5.41, 5.74) is 4.45. The summed E-state index contributed by atoms with van der Waals surface area (Å²) >= 11 is 0. The molecule has 0 saturated carbocycles. The summed E-state index contributed by atoms with van der Waals surface area (Å²) in [6.45, 7) is 4.10. The van der Waals surface area contributed by atoms with Gasteiger partial charge in [0.05, 0.1) is 25.3 Å². The summed E-state index contributed by atoms with van der Waals surface area (Å²) in [7, 11) is 0. The third-order valence-corrected chi connectivity index (χ3v) is 6.42. The molecule has 0 saturated heterocycles. The minimum absolute atomic E-state index is 0.0687. The molecule has 1 aromatic heterocycles. The number of rotatable bonds is 8. The van der Waals surface area contributed by atoms with Crippen LogP contribution in [0.2, 0.25) is 0 Å². The van der Waals surface area contributed by atoms with Crippen molar-refractivity contribution in [1.29, 1.82) is 0 Å². The van der Waals surface area contributed by atoms with Gasteiger partial charge >= 0.3 is 5.97 Å². The monoisotopic (exact) mass is 444 g/mol. The quantitative estimate of drug-likeness (QED) is 0.508. The average molecular weight is 445 g/mol. The average Bonchev–Trinajstić information content (AvgIpc) is 3.42. The fourth-order valence-corrected chi connectivity index (χ4v) is 4.88. The van der Waals surface area contributed by atoms with E-state index in [2.05, 4.69) is 47.1 Å². The van der Waals surface area contributed by atoms with Crippen LogP contribution in [0.25, 0.3) is 0 Å². The van der Waals surface area contributed by atoms with E-state index in [0.29, 0.717) is 13.2 Å². The van der Waals surface area contributed by atoms with Crippen molar-refractivity contribution in [3.63, 3.8) is 0 Å². The molecule has 0 fully saturated rings. The van der Waals surface area contributed by atoms with Gasteiger partial charge in [0, 0.05) is 35.7 Å². The molecule has 0 radical (unpaired) electrons. The number of ether oxygens (including phenoxy) is 2. The van der Waals surface area contributed by atoms with Gasteiger partial charge in [0.2, 0.25) is 0 Å². The zero-order valence-corrected chi connectivity index (χ0v) is 18.7. The summed E-state index contributed by atoms with van der Waals surface area (Å²) < 4.78 is 12.1. The lowest BCUT2D eigenvalue weighted by Gasteiger charge is -2.25. The Kier molecular flexibility index (Phi) is 5.90. The number of nitrogens with zero attached hydrogens (tertiary/aromatic N) is 2. The van der Waals surface area contributed by atoms with Gasteiger partial charge in [0.1, 0.15) is 17.3 Å². The molecule has 1 N–H and O–H groups in total. The summed E-state index contributed by atoms with van der Waals surface area (Å²) in [6, 6.07) is 18.5. The molecule has 33 heavy (non-hydrogen) atoms. The lowest BCUT2D eigenvalue weighted by Crippen LogP contribution is -2.19. The number of carbonyl (C=O) groups is 1. The lowest BCUT2D eigenvalue weighted by atomic mass is 9.91. The van der Waals surface area contributed by atoms with Crippen LogP contribution in [-0.4, -0.2) is 35.8 Å². The van der Waals surface area contributed by atoms with Crippen LogP contribution in [0.3, 0.4) is 0 Å². The van der Waals surface area contributed by atoms with E-state index in [0.717, 1.165) is 48.0 Å². The molecule has 170 valence electrons. The molecule has 0 bridgehead atoms. The van der Waals surface area contributed by atoms with E-state index in [1.807, 2.05) is 30.5 Å². The van der Waals surface area contributed by atoms with Crippen molar-refractivity contribution in [3.05, 3.63) is 77.5 Å². The number of para-hydroxylation sites is 1. The number of aromatic nitrogens is 1. The summed E-state index contributed by atoms with van der Waals surface area (Å²) in [4.78, 5) is 17.9. The minimum atomic E-state index is -0.793. The van der Waals surface area contributed by atoms with E-state index in [1.54, 1.807) is 0 Å². The molecule has 5 rings (SSSR count). The molecule has 0 aliphatic carbocycles. The van der Waals surface area contributed by atoms with Crippen molar-refractivity contribution in [2.24, 2.45) is 0 Å². The van der Waals surface area contributed by atoms with E-state index < -0.39 is 5.97 Å². The Hall–Kier alpha value is -3.54. The van der Waals surface area contributed by atoms with E-state index in [9.17, 15) is 4.79 Å². The molecule has 2 aliphatic rings. The Balaban J connectivity index is 1.39. The number of carboxylic acid groups (broad SMARTS) is 1. The normalized spacial score (nSPS) is 18.2. The van der Waals surface area contributed by atoms with Gasteiger partial charge < -0.3 is 19.5 Å². The van der Waals surface area contributed by atoms with Gasteiger partial charge in [0.15, 0.2) is 0 Å². The van der Waals surface area contributed by atoms with Crippen LogP contribution < -0.4 is 14.4 Å². The minimum Gasteiger partial charge on any atom is -0.493 e. The SMILES string of the molecule is CCCN(c1ccccn1)c1cccc2c1OC[C@H]2Cc1ccc2c(c1)OC[C@H]2CC(=O)O. The van der Waals surface area contributed by atoms with Gasteiger partial charge in [0.25, 0.3) is 0 Å². The molecular formula is C27H28N2O4. The molecule has 3 heterocycles. The number of hydrogen-bond donors (Lipinski definition) is 1. The molecule has 2 aromatic carbocycles. The van der Waals surface area contributed by atoms with Gasteiger partial charge in [-0.05, 0) is 42.7 Å². The van der Waals surface area contributed by atoms with Crippen LogP contribution in [0.15, 0.2) is 60.8 Å². The molecular weight excluding hydrogens is 416 g/mol. The topological polar surface area (TPSA) is 71.9 Å². The number of fused-ring (bicyclic) bond motifs is 2. The Morgan fingerprint density at radius 3 is 2.73 bits per heavy atom. The van der Waals surface area contributed by atoms with E-state index in [1.165, 1.54) is 11.1 Å². The predicted molar refractivity (Wildman–Crippen MR) is 127 cm³/mol. The maximum Gasteiger partial charge on any atom is 0.304 e. The predicted octanol–water partition coefficient (Wildman–Crippen LogP) is 5.30. The third kappa shape index (κ3) is 4.25. The third-order valence-electron chi connectivity index (χ3n) is 6.42. The number of anilines is 2. The smallest absolute Gasteiger partial charge is 0.304 e. The van der Waals surface area contributed by atoms with Gasteiger partial charge in [-0.2, -0.15) is 0 Å². The number of benzene rings is 2. The van der Waals surface area contributed by atoms with Crippen molar-refractivity contribution in [3.8, 4) is 11.5 Å². The van der Waals surface area contributed by atoms with Gasteiger partial charge in [-0.3, -0.25) is 4.79 Å². The highest BCUT2D eigenvalue weighted by atomic mass is 16.5. The second-order valence-corrected chi connectivity index (χ2v) is 8.73. The molecule has 6 nitrogen and oxygen atoms in total. The summed E-state index contributed by atoms with van der Waals surface area (Å²) in [6.07, 6.45) is 3.76. The first-order valence-electron chi connectivity index (χ1n) is 11.6. The Bertz CT molecular complexity index is 1150. The van der Waals surface area contributed by atoms with Crippen LogP contribution in [0.1, 0.15) is 48.3 Å². The molecule has 0 unspecified atom stereocenters. The first-order valence-corrected chi connectivity index (χ1v) is 11.6. The Morgan fingerprint density at radius 1 is 1.06 bits per heavy atom. The van der Waals surface area contributed by atoms with Crippen molar-refractivity contribution < 1.29 is 19.4 Å². The number of hydrogen-bond acceptors (Lipinski definition) is 5. The summed E-state index contributed by atoms with van der Waals surface area (Å²) in [5, 5.41) is 9.13. The first-order chi connectivity index (χ1) is 16.1.